The molecule has 19 heavy (non-hydrogen) atoms. The zero-order chi connectivity index (χ0) is 14.5. The monoisotopic (exact) mass is 328 g/mol. The van der Waals surface area contributed by atoms with Crippen LogP contribution >= 0.6 is 15.9 Å². The Kier molecular flexibility index (Phi) is 6.47. The summed E-state index contributed by atoms with van der Waals surface area (Å²) >= 11 is 3.43. The molecule has 3 nitrogen and oxygen atoms in total. The Morgan fingerprint density at radius 2 is 1.89 bits per heavy atom. The molecule has 1 atom stereocenters. The second-order valence-corrected chi connectivity index (χ2v) is 6.75. The highest BCUT2D eigenvalue weighted by Crippen LogP contribution is 2.13. The molecule has 0 aliphatic carbocycles. The summed E-state index contributed by atoms with van der Waals surface area (Å²) in [4.78, 5) is 2.14. The van der Waals surface area contributed by atoms with E-state index in [0.29, 0.717) is 19.1 Å². The molecule has 1 aromatic rings. The largest absolute Gasteiger partial charge is 0.388 e. The molecule has 0 aliphatic rings. The third kappa shape index (κ3) is 7.06. The van der Waals surface area contributed by atoms with Crippen LogP contribution in [-0.4, -0.2) is 41.8 Å². The summed E-state index contributed by atoms with van der Waals surface area (Å²) in [6.45, 7) is 8.13. The predicted octanol–water partition coefficient (Wildman–Crippen LogP) is 2.63. The van der Waals surface area contributed by atoms with E-state index in [4.69, 9.17) is 0 Å². The van der Waals surface area contributed by atoms with Crippen LogP contribution in [0.5, 0.6) is 0 Å². The zero-order valence-electron chi connectivity index (χ0n) is 12.3. The molecule has 1 aromatic carbocycles. The topological polar surface area (TPSA) is 35.5 Å². The number of nitrogens with one attached hydrogen (secondary N) is 1. The van der Waals surface area contributed by atoms with Crippen molar-refractivity contribution in [2.24, 2.45) is 0 Å². The van der Waals surface area contributed by atoms with Crippen LogP contribution in [0, 0.1) is 0 Å². The molecule has 0 aliphatic heterocycles. The van der Waals surface area contributed by atoms with Crippen LogP contribution in [0.2, 0.25) is 0 Å². The first-order valence-electron chi connectivity index (χ1n) is 6.67. The van der Waals surface area contributed by atoms with Gasteiger partial charge < -0.3 is 10.4 Å². The van der Waals surface area contributed by atoms with Crippen molar-refractivity contribution in [2.75, 3.05) is 20.1 Å². The minimum atomic E-state index is -0.714. The molecule has 0 radical (unpaired) electrons. The second kappa shape index (κ2) is 7.39. The summed E-state index contributed by atoms with van der Waals surface area (Å²) in [6.07, 6.45) is 0. The Bertz CT molecular complexity index is 376. The van der Waals surface area contributed by atoms with Crippen LogP contribution < -0.4 is 5.32 Å². The molecule has 0 saturated heterocycles. The lowest BCUT2D eigenvalue weighted by molar-refractivity contribution is 0.0240. The van der Waals surface area contributed by atoms with E-state index in [9.17, 15) is 5.11 Å². The molecule has 0 fully saturated rings. The highest BCUT2D eigenvalue weighted by molar-refractivity contribution is 9.10. The van der Waals surface area contributed by atoms with Crippen LogP contribution in [0.15, 0.2) is 28.7 Å². The molecular weight excluding hydrogens is 304 g/mol. The van der Waals surface area contributed by atoms with Crippen molar-refractivity contribution in [3.63, 3.8) is 0 Å². The lowest BCUT2D eigenvalue weighted by Gasteiger charge is -2.30. The predicted molar refractivity (Wildman–Crippen MR) is 84.2 cm³/mol. The van der Waals surface area contributed by atoms with Crippen molar-refractivity contribution < 1.29 is 5.11 Å². The Balaban J connectivity index is 2.45. The lowest BCUT2D eigenvalue weighted by atomic mass is 10.1. The van der Waals surface area contributed by atoms with Gasteiger partial charge in [-0.2, -0.15) is 0 Å². The van der Waals surface area contributed by atoms with Crippen molar-refractivity contribution in [1.82, 2.24) is 10.2 Å². The van der Waals surface area contributed by atoms with Gasteiger partial charge >= 0.3 is 0 Å². The smallest absolute Gasteiger partial charge is 0.0869 e. The van der Waals surface area contributed by atoms with Gasteiger partial charge in [0.05, 0.1) is 5.60 Å². The van der Waals surface area contributed by atoms with E-state index < -0.39 is 5.60 Å². The summed E-state index contributed by atoms with van der Waals surface area (Å²) < 4.78 is 1.09. The maximum atomic E-state index is 10.3. The van der Waals surface area contributed by atoms with E-state index >= 15 is 0 Å². The Hall–Kier alpha value is -0.420. The highest BCUT2D eigenvalue weighted by atomic mass is 79.9. The van der Waals surface area contributed by atoms with Crippen LogP contribution in [0.1, 0.15) is 26.3 Å². The van der Waals surface area contributed by atoms with Gasteiger partial charge in [0.15, 0.2) is 0 Å². The highest BCUT2D eigenvalue weighted by Gasteiger charge is 2.22. The number of aliphatic hydroxyl groups is 1. The minimum absolute atomic E-state index is 0.392. The normalized spacial score (nSPS) is 14.9. The molecule has 0 saturated carbocycles. The molecule has 1 unspecified atom stereocenters. The first kappa shape index (κ1) is 16.6. The van der Waals surface area contributed by atoms with Crippen LogP contribution in [0.25, 0.3) is 0 Å². The van der Waals surface area contributed by atoms with E-state index in [1.807, 2.05) is 26.1 Å². The maximum absolute atomic E-state index is 10.3. The fourth-order valence-corrected chi connectivity index (χ4v) is 2.28. The van der Waals surface area contributed by atoms with E-state index in [2.05, 4.69) is 52.1 Å². The van der Waals surface area contributed by atoms with E-state index in [-0.39, 0.29) is 0 Å². The molecular formula is C15H25BrN2O. The fraction of sp³-hybridized carbons (Fsp3) is 0.600. The SMILES string of the molecule is CC(C)NCC(C)(O)CN(C)Cc1ccc(Br)cc1. The molecule has 0 heterocycles. The van der Waals surface area contributed by atoms with Crippen molar-refractivity contribution in [2.45, 2.75) is 39.0 Å². The van der Waals surface area contributed by atoms with Gasteiger partial charge in [-0.3, -0.25) is 4.90 Å². The number of rotatable bonds is 7. The van der Waals surface area contributed by atoms with E-state index in [1.165, 1.54) is 5.56 Å². The molecule has 108 valence electrons. The Labute approximate surface area is 125 Å². The van der Waals surface area contributed by atoms with Crippen LogP contribution in [0.4, 0.5) is 0 Å². The average Bonchev–Trinajstić information content (AvgIpc) is 2.29. The van der Waals surface area contributed by atoms with Crippen molar-refractivity contribution >= 4 is 15.9 Å². The fourth-order valence-electron chi connectivity index (χ4n) is 2.02. The third-order valence-corrected chi connectivity index (χ3v) is 3.40. The molecule has 0 amide bonds. The first-order valence-corrected chi connectivity index (χ1v) is 7.46. The summed E-state index contributed by atoms with van der Waals surface area (Å²) in [5.41, 5.74) is 0.535. The quantitative estimate of drug-likeness (QED) is 0.807. The Morgan fingerprint density at radius 1 is 1.32 bits per heavy atom. The number of hydrogen-bond acceptors (Lipinski definition) is 3. The number of benzene rings is 1. The average molecular weight is 329 g/mol. The molecule has 1 rings (SSSR count). The third-order valence-electron chi connectivity index (χ3n) is 2.87. The number of halogens is 1. The zero-order valence-corrected chi connectivity index (χ0v) is 13.9. The summed E-state index contributed by atoms with van der Waals surface area (Å²) in [5.74, 6) is 0. The standard InChI is InChI=1S/C15H25BrN2O/c1-12(2)17-10-15(3,19)11-18(4)9-13-5-7-14(16)8-6-13/h5-8,12,17,19H,9-11H2,1-4H3. The van der Waals surface area contributed by atoms with Gasteiger partial charge in [0.1, 0.15) is 0 Å². The van der Waals surface area contributed by atoms with Crippen LogP contribution in [0.3, 0.4) is 0 Å². The number of likely N-dealkylation sites (N-methyl/N-ethyl adjacent to an activating group) is 1. The van der Waals surface area contributed by atoms with Gasteiger partial charge in [-0.25, -0.2) is 0 Å². The lowest BCUT2D eigenvalue weighted by Crippen LogP contribution is -2.47. The van der Waals surface area contributed by atoms with Gasteiger partial charge in [0, 0.05) is 30.1 Å². The van der Waals surface area contributed by atoms with Gasteiger partial charge in [-0.15, -0.1) is 0 Å². The second-order valence-electron chi connectivity index (χ2n) is 5.83. The molecule has 2 N–H and O–H groups in total. The van der Waals surface area contributed by atoms with Gasteiger partial charge in [-0.05, 0) is 31.7 Å². The maximum Gasteiger partial charge on any atom is 0.0869 e. The van der Waals surface area contributed by atoms with Gasteiger partial charge in [0.2, 0.25) is 0 Å². The number of hydrogen-bond donors (Lipinski definition) is 2. The Morgan fingerprint density at radius 3 is 2.42 bits per heavy atom. The van der Waals surface area contributed by atoms with E-state index in [1.54, 1.807) is 0 Å². The summed E-state index contributed by atoms with van der Waals surface area (Å²) in [6, 6.07) is 8.68. The van der Waals surface area contributed by atoms with Crippen molar-refractivity contribution in [3.05, 3.63) is 34.3 Å². The van der Waals surface area contributed by atoms with E-state index in [0.717, 1.165) is 11.0 Å². The molecule has 0 bridgehead atoms. The minimum Gasteiger partial charge on any atom is -0.388 e. The van der Waals surface area contributed by atoms with Crippen molar-refractivity contribution in [1.29, 1.82) is 0 Å². The van der Waals surface area contributed by atoms with Crippen LogP contribution in [-0.2, 0) is 6.54 Å². The van der Waals surface area contributed by atoms with Gasteiger partial charge in [0.25, 0.3) is 0 Å². The van der Waals surface area contributed by atoms with Crippen molar-refractivity contribution in [3.8, 4) is 0 Å². The summed E-state index contributed by atoms with van der Waals surface area (Å²) in [5, 5.41) is 13.6. The molecule has 0 aromatic heterocycles. The molecule has 4 heteroatoms. The summed E-state index contributed by atoms with van der Waals surface area (Å²) in [7, 11) is 2.03. The van der Waals surface area contributed by atoms with Gasteiger partial charge in [-0.1, -0.05) is 41.9 Å². The number of nitrogens with zero attached hydrogens (tertiary/aromatic N) is 1. The first-order chi connectivity index (χ1) is 8.78. The molecule has 0 spiro atoms.